The lowest BCUT2D eigenvalue weighted by Gasteiger charge is -2.15. The third-order valence-electron chi connectivity index (χ3n) is 5.03. The SMILES string of the molecule is Cc1ccc(NC(=O)CSc2nc(O)c(Cc3ccccc3)c(=O)n2-c2ccccc2)cc1. The normalized spacial score (nSPS) is 10.7. The molecule has 6 nitrogen and oxygen atoms in total. The van der Waals surface area contributed by atoms with E-state index in [9.17, 15) is 14.7 Å². The molecule has 0 saturated heterocycles. The number of hydrogen-bond donors (Lipinski definition) is 2. The molecule has 1 aromatic heterocycles. The quantitative estimate of drug-likeness (QED) is 0.314. The van der Waals surface area contributed by atoms with Crippen LogP contribution in [0.15, 0.2) is 94.9 Å². The first kappa shape index (κ1) is 22.4. The zero-order chi connectivity index (χ0) is 23.2. The van der Waals surface area contributed by atoms with E-state index in [1.807, 2.05) is 79.7 Å². The fourth-order valence-corrected chi connectivity index (χ4v) is 4.15. The van der Waals surface area contributed by atoms with E-state index < -0.39 is 0 Å². The summed E-state index contributed by atoms with van der Waals surface area (Å²) in [6.45, 7) is 1.98. The van der Waals surface area contributed by atoms with Gasteiger partial charge in [-0.3, -0.25) is 14.2 Å². The summed E-state index contributed by atoms with van der Waals surface area (Å²) in [7, 11) is 0. The second-order valence-corrected chi connectivity index (χ2v) is 8.48. The number of aryl methyl sites for hydroxylation is 1. The van der Waals surface area contributed by atoms with Crippen molar-refractivity contribution in [3.63, 3.8) is 0 Å². The largest absolute Gasteiger partial charge is 0.493 e. The number of amides is 1. The Morgan fingerprint density at radius 1 is 0.970 bits per heavy atom. The lowest BCUT2D eigenvalue weighted by Crippen LogP contribution is -2.26. The highest BCUT2D eigenvalue weighted by atomic mass is 32.2. The average Bonchev–Trinajstić information content (AvgIpc) is 2.83. The van der Waals surface area contributed by atoms with Crippen LogP contribution in [0.5, 0.6) is 5.88 Å². The highest BCUT2D eigenvalue weighted by Crippen LogP contribution is 2.24. The summed E-state index contributed by atoms with van der Waals surface area (Å²) in [6.07, 6.45) is 0.254. The van der Waals surface area contributed by atoms with E-state index in [-0.39, 0.29) is 40.2 Å². The van der Waals surface area contributed by atoms with Crippen molar-refractivity contribution in [3.05, 3.63) is 112 Å². The smallest absolute Gasteiger partial charge is 0.266 e. The summed E-state index contributed by atoms with van der Waals surface area (Å²) in [5, 5.41) is 13.7. The molecule has 2 N–H and O–H groups in total. The van der Waals surface area contributed by atoms with Crippen LogP contribution in [0.3, 0.4) is 0 Å². The standard InChI is InChI=1S/C26H23N3O3S/c1-18-12-14-20(15-13-18)27-23(30)17-33-26-28-24(31)22(16-19-8-4-2-5-9-19)25(32)29(26)21-10-6-3-7-11-21/h2-15,31H,16-17H2,1H3,(H,27,30). The van der Waals surface area contributed by atoms with Gasteiger partial charge in [0.15, 0.2) is 5.16 Å². The molecule has 0 fully saturated rings. The van der Waals surface area contributed by atoms with Gasteiger partial charge < -0.3 is 10.4 Å². The van der Waals surface area contributed by atoms with Crippen LogP contribution < -0.4 is 10.9 Å². The van der Waals surface area contributed by atoms with Crippen LogP contribution in [0.4, 0.5) is 5.69 Å². The highest BCUT2D eigenvalue weighted by molar-refractivity contribution is 7.99. The van der Waals surface area contributed by atoms with Crippen molar-refractivity contribution in [1.82, 2.24) is 9.55 Å². The van der Waals surface area contributed by atoms with Crippen LogP contribution in [0.2, 0.25) is 0 Å². The van der Waals surface area contributed by atoms with Crippen LogP contribution in [-0.2, 0) is 11.2 Å². The molecule has 0 saturated carbocycles. The van der Waals surface area contributed by atoms with E-state index in [0.29, 0.717) is 11.4 Å². The Morgan fingerprint density at radius 2 is 1.61 bits per heavy atom. The summed E-state index contributed by atoms with van der Waals surface area (Å²) in [6, 6.07) is 26.0. The van der Waals surface area contributed by atoms with Crippen molar-refractivity contribution >= 4 is 23.4 Å². The maximum absolute atomic E-state index is 13.4. The predicted octanol–water partition coefficient (Wildman–Crippen LogP) is 4.57. The topological polar surface area (TPSA) is 84.2 Å². The van der Waals surface area contributed by atoms with Gasteiger partial charge in [0.1, 0.15) is 0 Å². The minimum absolute atomic E-state index is 0.0324. The molecule has 7 heteroatoms. The van der Waals surface area contributed by atoms with Crippen molar-refractivity contribution in [2.45, 2.75) is 18.5 Å². The fraction of sp³-hybridized carbons (Fsp3) is 0.115. The number of thioether (sulfide) groups is 1. The lowest BCUT2D eigenvalue weighted by molar-refractivity contribution is -0.113. The van der Waals surface area contributed by atoms with Crippen molar-refractivity contribution in [2.75, 3.05) is 11.1 Å². The number of benzene rings is 3. The van der Waals surface area contributed by atoms with Gasteiger partial charge in [0.05, 0.1) is 17.0 Å². The summed E-state index contributed by atoms with van der Waals surface area (Å²) >= 11 is 1.10. The third kappa shape index (κ3) is 5.51. The number of aromatic hydroxyl groups is 1. The van der Waals surface area contributed by atoms with Gasteiger partial charge in [-0.25, -0.2) is 0 Å². The zero-order valence-corrected chi connectivity index (χ0v) is 18.9. The first-order valence-electron chi connectivity index (χ1n) is 10.4. The molecule has 1 heterocycles. The first-order chi connectivity index (χ1) is 16.0. The number of anilines is 1. The second kappa shape index (κ2) is 10.2. The Balaban J connectivity index is 1.63. The van der Waals surface area contributed by atoms with Gasteiger partial charge in [0.2, 0.25) is 11.8 Å². The number of rotatable bonds is 7. The van der Waals surface area contributed by atoms with E-state index in [1.54, 1.807) is 12.1 Å². The van der Waals surface area contributed by atoms with Crippen molar-refractivity contribution < 1.29 is 9.90 Å². The Hall–Kier alpha value is -3.84. The molecule has 0 bridgehead atoms. The molecular formula is C26H23N3O3S. The minimum Gasteiger partial charge on any atom is -0.493 e. The Labute approximate surface area is 196 Å². The van der Waals surface area contributed by atoms with Crippen LogP contribution >= 0.6 is 11.8 Å². The van der Waals surface area contributed by atoms with E-state index in [2.05, 4.69) is 10.3 Å². The molecule has 166 valence electrons. The molecule has 4 aromatic rings. The summed E-state index contributed by atoms with van der Waals surface area (Å²) in [4.78, 5) is 30.2. The molecule has 0 aliphatic carbocycles. The summed E-state index contributed by atoms with van der Waals surface area (Å²) < 4.78 is 1.45. The highest BCUT2D eigenvalue weighted by Gasteiger charge is 2.19. The number of nitrogens with one attached hydrogen (secondary N) is 1. The van der Waals surface area contributed by atoms with Gasteiger partial charge in [-0.2, -0.15) is 4.98 Å². The van der Waals surface area contributed by atoms with Crippen LogP contribution in [0, 0.1) is 6.92 Å². The molecule has 0 aliphatic rings. The Bertz CT molecular complexity index is 1300. The molecule has 0 atom stereocenters. The molecule has 33 heavy (non-hydrogen) atoms. The van der Waals surface area contributed by atoms with Crippen molar-refractivity contribution in [2.24, 2.45) is 0 Å². The van der Waals surface area contributed by atoms with Gasteiger partial charge in [-0.1, -0.05) is 78.0 Å². The summed E-state index contributed by atoms with van der Waals surface area (Å²) in [5.74, 6) is -0.520. The number of carbonyl (C=O) groups excluding carboxylic acids is 1. The molecule has 4 rings (SSSR count). The molecule has 0 radical (unpaired) electrons. The van der Waals surface area contributed by atoms with Gasteiger partial charge in [0, 0.05) is 12.1 Å². The molecular weight excluding hydrogens is 434 g/mol. The molecule has 0 aliphatic heterocycles. The van der Waals surface area contributed by atoms with Crippen LogP contribution in [0.25, 0.3) is 5.69 Å². The average molecular weight is 458 g/mol. The molecule has 3 aromatic carbocycles. The van der Waals surface area contributed by atoms with E-state index in [1.165, 1.54) is 4.57 Å². The van der Waals surface area contributed by atoms with Crippen LogP contribution in [-0.4, -0.2) is 26.3 Å². The van der Waals surface area contributed by atoms with Gasteiger partial charge >= 0.3 is 0 Å². The van der Waals surface area contributed by atoms with E-state index in [0.717, 1.165) is 22.9 Å². The van der Waals surface area contributed by atoms with Gasteiger partial charge in [0.25, 0.3) is 5.56 Å². The Morgan fingerprint density at radius 3 is 2.27 bits per heavy atom. The second-order valence-electron chi connectivity index (χ2n) is 7.54. The molecule has 1 amide bonds. The van der Waals surface area contributed by atoms with Crippen molar-refractivity contribution in [3.8, 4) is 11.6 Å². The zero-order valence-electron chi connectivity index (χ0n) is 18.1. The number of aromatic nitrogens is 2. The fourth-order valence-electron chi connectivity index (χ4n) is 3.35. The first-order valence-corrected chi connectivity index (χ1v) is 11.4. The number of nitrogens with zero attached hydrogens (tertiary/aromatic N) is 2. The monoisotopic (exact) mass is 457 g/mol. The molecule has 0 spiro atoms. The minimum atomic E-state index is -0.362. The maximum Gasteiger partial charge on any atom is 0.266 e. The predicted molar refractivity (Wildman–Crippen MR) is 131 cm³/mol. The Kier molecular flexibility index (Phi) is 6.90. The number of para-hydroxylation sites is 1. The van der Waals surface area contributed by atoms with Gasteiger partial charge in [-0.15, -0.1) is 0 Å². The summed E-state index contributed by atoms with van der Waals surface area (Å²) in [5.41, 5.74) is 3.15. The third-order valence-corrected chi connectivity index (χ3v) is 5.97. The number of carbonyl (C=O) groups is 1. The van der Waals surface area contributed by atoms with Crippen LogP contribution in [0.1, 0.15) is 16.7 Å². The van der Waals surface area contributed by atoms with Crippen molar-refractivity contribution in [1.29, 1.82) is 0 Å². The lowest BCUT2D eigenvalue weighted by atomic mass is 10.1. The van der Waals surface area contributed by atoms with E-state index in [4.69, 9.17) is 0 Å². The molecule has 0 unspecified atom stereocenters. The maximum atomic E-state index is 13.4. The van der Waals surface area contributed by atoms with E-state index >= 15 is 0 Å². The number of hydrogen-bond acceptors (Lipinski definition) is 5. The van der Waals surface area contributed by atoms with Gasteiger partial charge in [-0.05, 0) is 36.8 Å².